The molecule has 2 atom stereocenters. The third-order valence-corrected chi connectivity index (χ3v) is 17.2. The van der Waals surface area contributed by atoms with Crippen molar-refractivity contribution in [3.63, 3.8) is 0 Å². The fraction of sp³-hybridized carbons (Fsp3) is 0.690. The van der Waals surface area contributed by atoms with E-state index in [0.29, 0.717) is 23.3 Å². The van der Waals surface area contributed by atoms with Gasteiger partial charge in [0.25, 0.3) is 0 Å². The van der Waals surface area contributed by atoms with Gasteiger partial charge in [-0.2, -0.15) is 10.5 Å². The Morgan fingerprint density at radius 1 is 1.05 bits per heavy atom. The predicted octanol–water partition coefficient (Wildman–Crippen LogP) is 7.79. The average Bonchev–Trinajstić information content (AvgIpc) is 3.07. The molecule has 1 rings (SSSR count). The SMILES string of the molecule is C=C(C#N)C(CC[C@]1(C(=O)OC)C=C(O[Si](C)(C)C(C)(C)C)C(C(C)C)=C1C#N)O[Si](C)(C)C(C)(C)C. The Hall–Kier alpha value is -2.14. The monoisotopic (exact) mass is 544 g/mol. The van der Waals surface area contributed by atoms with Gasteiger partial charge in [-0.3, -0.25) is 4.79 Å². The molecule has 206 valence electrons. The molecule has 0 spiro atoms. The highest BCUT2D eigenvalue weighted by Crippen LogP contribution is 2.51. The highest BCUT2D eigenvalue weighted by molar-refractivity contribution is 6.74. The van der Waals surface area contributed by atoms with Crippen LogP contribution in [0.2, 0.25) is 36.3 Å². The first-order valence-corrected chi connectivity index (χ1v) is 18.9. The molecule has 1 aliphatic rings. The summed E-state index contributed by atoms with van der Waals surface area (Å²) in [4.78, 5) is 13.5. The Kier molecular flexibility index (Phi) is 10.1. The number of carbonyl (C=O) groups is 1. The minimum atomic E-state index is -2.27. The van der Waals surface area contributed by atoms with Crippen LogP contribution >= 0.6 is 0 Å². The summed E-state index contributed by atoms with van der Waals surface area (Å²) in [6.07, 6.45) is 1.82. The molecule has 1 unspecified atom stereocenters. The molecular weight excluding hydrogens is 497 g/mol. The van der Waals surface area contributed by atoms with Crippen LogP contribution in [0.5, 0.6) is 0 Å². The molecule has 8 heteroatoms. The van der Waals surface area contributed by atoms with Crippen LogP contribution < -0.4 is 0 Å². The Morgan fingerprint density at radius 2 is 1.57 bits per heavy atom. The second-order valence-corrected chi connectivity index (χ2v) is 22.9. The highest BCUT2D eigenvalue weighted by Gasteiger charge is 2.51. The van der Waals surface area contributed by atoms with Crippen LogP contribution in [0, 0.1) is 34.0 Å². The molecule has 0 fully saturated rings. The smallest absolute Gasteiger partial charge is 0.321 e. The van der Waals surface area contributed by atoms with Crippen molar-refractivity contribution in [3.05, 3.63) is 35.1 Å². The van der Waals surface area contributed by atoms with Crippen molar-refractivity contribution in [1.29, 1.82) is 10.5 Å². The van der Waals surface area contributed by atoms with E-state index in [-0.39, 0.29) is 22.4 Å². The molecule has 0 aliphatic heterocycles. The highest BCUT2D eigenvalue weighted by atomic mass is 28.4. The van der Waals surface area contributed by atoms with E-state index in [0.717, 1.165) is 5.57 Å². The number of nitriles is 2. The minimum Gasteiger partial charge on any atom is -0.543 e. The van der Waals surface area contributed by atoms with Crippen LogP contribution in [0.4, 0.5) is 0 Å². The molecule has 6 nitrogen and oxygen atoms in total. The molecule has 37 heavy (non-hydrogen) atoms. The molecule has 0 aromatic heterocycles. The number of rotatable bonds is 10. The van der Waals surface area contributed by atoms with Crippen molar-refractivity contribution in [2.45, 2.75) is 111 Å². The van der Waals surface area contributed by atoms with Gasteiger partial charge >= 0.3 is 5.97 Å². The van der Waals surface area contributed by atoms with Gasteiger partial charge in [0.2, 0.25) is 8.32 Å². The Labute approximate surface area is 227 Å². The normalized spacial score (nSPS) is 19.7. The number of nitrogens with zero attached hydrogens (tertiary/aromatic N) is 2. The molecule has 0 aromatic rings. The zero-order chi connectivity index (χ0) is 29.2. The third kappa shape index (κ3) is 6.85. The number of ether oxygens (including phenoxy) is 1. The summed E-state index contributed by atoms with van der Waals surface area (Å²) in [5, 5.41) is 19.9. The predicted molar refractivity (Wildman–Crippen MR) is 154 cm³/mol. The zero-order valence-corrected chi connectivity index (χ0v) is 27.4. The number of methoxy groups -OCH3 is 1. The summed E-state index contributed by atoms with van der Waals surface area (Å²) < 4.78 is 18.6. The van der Waals surface area contributed by atoms with Crippen molar-refractivity contribution >= 4 is 22.6 Å². The van der Waals surface area contributed by atoms with Gasteiger partial charge in [-0.05, 0) is 61.1 Å². The second-order valence-electron chi connectivity index (χ2n) is 13.4. The van der Waals surface area contributed by atoms with E-state index in [9.17, 15) is 15.3 Å². The molecule has 0 saturated carbocycles. The number of hydrogen-bond acceptors (Lipinski definition) is 6. The van der Waals surface area contributed by atoms with Crippen molar-refractivity contribution < 1.29 is 18.4 Å². The van der Waals surface area contributed by atoms with Gasteiger partial charge < -0.3 is 13.6 Å². The van der Waals surface area contributed by atoms with Gasteiger partial charge in [-0.15, -0.1) is 0 Å². The third-order valence-electron chi connectivity index (χ3n) is 8.34. The molecule has 0 N–H and O–H groups in total. The van der Waals surface area contributed by atoms with E-state index in [2.05, 4.69) is 86.4 Å². The fourth-order valence-corrected chi connectivity index (χ4v) is 6.24. The van der Waals surface area contributed by atoms with Crippen LogP contribution in [0.1, 0.15) is 68.2 Å². The summed E-state index contributed by atoms with van der Waals surface area (Å²) in [6, 6.07) is 4.49. The van der Waals surface area contributed by atoms with Crippen molar-refractivity contribution in [3.8, 4) is 12.1 Å². The lowest BCUT2D eigenvalue weighted by atomic mass is 9.76. The van der Waals surface area contributed by atoms with E-state index >= 15 is 0 Å². The topological polar surface area (TPSA) is 92.3 Å². The molecular formula is C29H48N2O4Si2. The average molecular weight is 545 g/mol. The maximum Gasteiger partial charge on any atom is 0.321 e. The quantitative estimate of drug-likeness (QED) is 0.158. The Bertz CT molecular complexity index is 1040. The Balaban J connectivity index is 3.68. The first-order chi connectivity index (χ1) is 16.6. The molecule has 1 aliphatic carbocycles. The maximum atomic E-state index is 13.5. The van der Waals surface area contributed by atoms with Gasteiger partial charge in [-0.1, -0.05) is 62.0 Å². The van der Waals surface area contributed by atoms with E-state index in [1.54, 1.807) is 6.08 Å². The summed E-state index contributed by atoms with van der Waals surface area (Å²) >= 11 is 0. The standard InChI is InChI=1S/C29H48N2O4Si2/c1-20(2)25-22(19-31)29(26(32)33-10,17-24(25)35-37(13,14)28(7,8)9)16-15-23(21(3)18-30)34-36(11,12)27(4,5)6/h17,20,23H,3,15-16H2,1-2,4-14H3/t23?,29-/m0/s1. The second kappa shape index (κ2) is 11.3. The zero-order valence-electron chi connectivity index (χ0n) is 25.4. The van der Waals surface area contributed by atoms with Gasteiger partial charge in [-0.25, -0.2) is 0 Å². The number of esters is 1. The van der Waals surface area contributed by atoms with Crippen LogP contribution in [0.25, 0.3) is 0 Å². The van der Waals surface area contributed by atoms with Crippen molar-refractivity contribution in [2.24, 2.45) is 11.3 Å². The first kappa shape index (κ1) is 32.9. The van der Waals surface area contributed by atoms with Crippen molar-refractivity contribution in [2.75, 3.05) is 7.11 Å². The molecule has 0 radical (unpaired) electrons. The van der Waals surface area contributed by atoms with Crippen LogP contribution in [0.3, 0.4) is 0 Å². The van der Waals surface area contributed by atoms with Gasteiger partial charge in [0.1, 0.15) is 11.2 Å². The lowest BCUT2D eigenvalue weighted by Crippen LogP contribution is -2.44. The molecule has 0 saturated heterocycles. The molecule has 0 amide bonds. The van der Waals surface area contributed by atoms with Crippen LogP contribution in [0.15, 0.2) is 35.1 Å². The van der Waals surface area contributed by atoms with Crippen molar-refractivity contribution in [1.82, 2.24) is 0 Å². The number of hydrogen-bond donors (Lipinski definition) is 0. The van der Waals surface area contributed by atoms with E-state index in [4.69, 9.17) is 13.6 Å². The van der Waals surface area contributed by atoms with Crippen LogP contribution in [-0.4, -0.2) is 35.8 Å². The lowest BCUT2D eigenvalue weighted by molar-refractivity contribution is -0.148. The summed E-state index contributed by atoms with van der Waals surface area (Å²) in [7, 11) is -3.18. The molecule has 0 aromatic carbocycles. The van der Waals surface area contributed by atoms with Gasteiger partial charge in [0.05, 0.1) is 30.9 Å². The fourth-order valence-electron chi connectivity index (χ4n) is 3.89. The largest absolute Gasteiger partial charge is 0.543 e. The van der Waals surface area contributed by atoms with Crippen LogP contribution in [-0.2, 0) is 18.4 Å². The van der Waals surface area contributed by atoms with Gasteiger partial charge in [0.15, 0.2) is 8.32 Å². The maximum absolute atomic E-state index is 13.5. The first-order valence-electron chi connectivity index (χ1n) is 13.0. The van der Waals surface area contributed by atoms with E-state index in [1.807, 2.05) is 13.8 Å². The Morgan fingerprint density at radius 3 is 1.95 bits per heavy atom. The summed E-state index contributed by atoms with van der Waals surface area (Å²) in [6.45, 7) is 29.4. The number of carbonyl (C=O) groups excluding carboxylic acids is 1. The lowest BCUT2D eigenvalue weighted by Gasteiger charge is -2.39. The number of allylic oxidation sites excluding steroid dienone is 1. The summed E-state index contributed by atoms with van der Waals surface area (Å²) in [5.41, 5.74) is 0.109. The minimum absolute atomic E-state index is 0.0365. The molecule has 0 bridgehead atoms. The summed E-state index contributed by atoms with van der Waals surface area (Å²) in [5.74, 6) is 0.0553. The van der Waals surface area contributed by atoms with E-state index in [1.165, 1.54) is 7.11 Å². The molecule has 0 heterocycles. The van der Waals surface area contributed by atoms with Gasteiger partial charge in [0, 0.05) is 11.1 Å². The van der Waals surface area contributed by atoms with E-state index < -0.39 is 34.1 Å².